The minimum absolute atomic E-state index is 1.20. The van der Waals surface area contributed by atoms with Crippen molar-refractivity contribution in [3.05, 3.63) is 70.8 Å². The Morgan fingerprint density at radius 1 is 0.556 bits per heavy atom. The van der Waals surface area contributed by atoms with Gasteiger partial charge in [0, 0.05) is 0 Å². The predicted octanol–water partition coefficient (Wildman–Crippen LogP) is 4.87. The molecule has 0 radical (unpaired) electrons. The molecule has 0 nitrogen and oxygen atoms in total. The first-order chi connectivity index (χ1) is 8.74. The van der Waals surface area contributed by atoms with E-state index in [1.165, 1.54) is 47.9 Å². The molecular formula is C18H22. The Morgan fingerprint density at radius 2 is 0.889 bits per heavy atom. The number of hydrogen-bond acceptors (Lipinski definition) is 0. The second-order valence-corrected chi connectivity index (χ2v) is 5.18. The monoisotopic (exact) mass is 238 g/mol. The van der Waals surface area contributed by atoms with Crippen molar-refractivity contribution in [2.24, 2.45) is 0 Å². The molecular weight excluding hydrogens is 216 g/mol. The maximum atomic E-state index is 2.25. The largest absolute Gasteiger partial charge is 0.0591 e. The van der Waals surface area contributed by atoms with Crippen molar-refractivity contribution in [1.82, 2.24) is 0 Å². The van der Waals surface area contributed by atoms with Gasteiger partial charge < -0.3 is 0 Å². The maximum Gasteiger partial charge on any atom is -0.0279 e. The zero-order chi connectivity index (χ0) is 12.8. The van der Waals surface area contributed by atoms with E-state index in [1.807, 2.05) is 0 Å². The van der Waals surface area contributed by atoms with Gasteiger partial charge in [0.2, 0.25) is 0 Å². The van der Waals surface area contributed by atoms with Gasteiger partial charge in [-0.2, -0.15) is 0 Å². The van der Waals surface area contributed by atoms with Gasteiger partial charge in [-0.15, -0.1) is 0 Å². The molecule has 0 aliphatic carbocycles. The molecule has 2 rings (SSSR count). The van der Waals surface area contributed by atoms with Crippen molar-refractivity contribution < 1.29 is 0 Å². The molecule has 2 aromatic rings. The molecule has 0 fully saturated rings. The third-order valence-electron chi connectivity index (χ3n) is 3.42. The van der Waals surface area contributed by atoms with Crippen molar-refractivity contribution in [1.29, 1.82) is 0 Å². The van der Waals surface area contributed by atoms with E-state index in [0.717, 1.165) is 0 Å². The summed E-state index contributed by atoms with van der Waals surface area (Å²) in [6.45, 7) is 4.28. The molecule has 0 spiro atoms. The predicted molar refractivity (Wildman–Crippen MR) is 79.0 cm³/mol. The summed E-state index contributed by atoms with van der Waals surface area (Å²) < 4.78 is 0. The molecule has 0 amide bonds. The highest BCUT2D eigenvalue weighted by Gasteiger charge is 1.96. The fourth-order valence-corrected chi connectivity index (χ4v) is 2.17. The first kappa shape index (κ1) is 12.9. The summed E-state index contributed by atoms with van der Waals surface area (Å²) >= 11 is 0. The summed E-state index contributed by atoms with van der Waals surface area (Å²) in [6.07, 6.45) is 4.95. The average Bonchev–Trinajstić information content (AvgIpc) is 2.39. The highest BCUT2D eigenvalue weighted by Crippen LogP contribution is 2.11. The molecule has 0 N–H and O–H groups in total. The van der Waals surface area contributed by atoms with Crippen LogP contribution in [0.2, 0.25) is 0 Å². The Balaban J connectivity index is 1.73. The fraction of sp³-hybridized carbons (Fsp3) is 0.333. The highest BCUT2D eigenvalue weighted by molar-refractivity contribution is 5.22. The van der Waals surface area contributed by atoms with E-state index in [-0.39, 0.29) is 0 Å². The van der Waals surface area contributed by atoms with Crippen LogP contribution in [-0.4, -0.2) is 0 Å². The minimum Gasteiger partial charge on any atom is -0.0591 e. The molecule has 18 heavy (non-hydrogen) atoms. The first-order valence-electron chi connectivity index (χ1n) is 6.85. The van der Waals surface area contributed by atoms with Crippen LogP contribution >= 0.6 is 0 Å². The van der Waals surface area contributed by atoms with Gasteiger partial charge in [0.1, 0.15) is 0 Å². The molecule has 2 aromatic carbocycles. The summed E-state index contributed by atoms with van der Waals surface area (Å²) in [7, 11) is 0. The lowest BCUT2D eigenvalue weighted by Crippen LogP contribution is -1.89. The van der Waals surface area contributed by atoms with Gasteiger partial charge in [-0.3, -0.25) is 0 Å². The van der Waals surface area contributed by atoms with Gasteiger partial charge in [0.15, 0.2) is 0 Å². The van der Waals surface area contributed by atoms with Gasteiger partial charge in [-0.1, -0.05) is 59.7 Å². The Bertz CT molecular complexity index is 415. The number of rotatable bonds is 5. The summed E-state index contributed by atoms with van der Waals surface area (Å²) in [6, 6.07) is 17.8. The van der Waals surface area contributed by atoms with E-state index in [0.29, 0.717) is 0 Å². The van der Waals surface area contributed by atoms with Crippen LogP contribution in [0.4, 0.5) is 0 Å². The summed E-state index contributed by atoms with van der Waals surface area (Å²) in [5.41, 5.74) is 5.62. The topological polar surface area (TPSA) is 0 Å². The third kappa shape index (κ3) is 4.03. The van der Waals surface area contributed by atoms with Crippen molar-refractivity contribution >= 4 is 0 Å². The van der Waals surface area contributed by atoms with Crippen molar-refractivity contribution in [3.63, 3.8) is 0 Å². The number of hydrogen-bond donors (Lipinski definition) is 0. The smallest absolute Gasteiger partial charge is 0.0279 e. The van der Waals surface area contributed by atoms with E-state index < -0.39 is 0 Å². The average molecular weight is 238 g/mol. The van der Waals surface area contributed by atoms with Crippen LogP contribution in [0.1, 0.15) is 35.1 Å². The van der Waals surface area contributed by atoms with Crippen molar-refractivity contribution in [2.75, 3.05) is 0 Å². The van der Waals surface area contributed by atoms with Crippen LogP contribution in [0.5, 0.6) is 0 Å². The van der Waals surface area contributed by atoms with Crippen molar-refractivity contribution in [3.8, 4) is 0 Å². The molecule has 94 valence electrons. The zero-order valence-corrected chi connectivity index (χ0v) is 11.4. The number of benzene rings is 2. The quantitative estimate of drug-likeness (QED) is 0.652. The molecule has 0 heteroatoms. The van der Waals surface area contributed by atoms with Crippen LogP contribution in [-0.2, 0) is 12.8 Å². The van der Waals surface area contributed by atoms with Crippen molar-refractivity contribution in [2.45, 2.75) is 39.5 Å². The lowest BCUT2D eigenvalue weighted by atomic mass is 10.0. The van der Waals surface area contributed by atoms with Crippen LogP contribution in [0, 0.1) is 13.8 Å². The molecule has 0 aliphatic rings. The Hall–Kier alpha value is -1.56. The lowest BCUT2D eigenvalue weighted by molar-refractivity contribution is 0.734. The van der Waals surface area contributed by atoms with E-state index in [1.54, 1.807) is 0 Å². The standard InChI is InChI=1S/C18H22/c1-15-7-11-17(12-8-15)5-3-4-6-18-13-9-16(2)10-14-18/h7-14H,3-6H2,1-2H3. The minimum atomic E-state index is 1.20. The summed E-state index contributed by atoms with van der Waals surface area (Å²) in [5, 5.41) is 0. The van der Waals surface area contributed by atoms with E-state index >= 15 is 0 Å². The van der Waals surface area contributed by atoms with Gasteiger partial charge in [-0.05, 0) is 50.7 Å². The van der Waals surface area contributed by atoms with Gasteiger partial charge in [0.25, 0.3) is 0 Å². The SMILES string of the molecule is Cc1ccc(CCCCc2ccc(C)cc2)cc1. The van der Waals surface area contributed by atoms with Crippen LogP contribution in [0.15, 0.2) is 48.5 Å². The normalized spacial score (nSPS) is 10.6. The van der Waals surface area contributed by atoms with E-state index in [2.05, 4.69) is 62.4 Å². The van der Waals surface area contributed by atoms with Crippen LogP contribution in [0.3, 0.4) is 0 Å². The number of unbranched alkanes of at least 4 members (excludes halogenated alkanes) is 1. The summed E-state index contributed by atoms with van der Waals surface area (Å²) in [4.78, 5) is 0. The third-order valence-corrected chi connectivity index (χ3v) is 3.42. The maximum absolute atomic E-state index is 2.25. The molecule has 0 bridgehead atoms. The van der Waals surface area contributed by atoms with E-state index in [4.69, 9.17) is 0 Å². The fourth-order valence-electron chi connectivity index (χ4n) is 2.17. The molecule has 0 aromatic heterocycles. The van der Waals surface area contributed by atoms with Crippen LogP contribution < -0.4 is 0 Å². The molecule has 0 heterocycles. The van der Waals surface area contributed by atoms with Gasteiger partial charge in [0.05, 0.1) is 0 Å². The molecule has 0 aliphatic heterocycles. The zero-order valence-electron chi connectivity index (χ0n) is 11.4. The van der Waals surface area contributed by atoms with Gasteiger partial charge in [-0.25, -0.2) is 0 Å². The van der Waals surface area contributed by atoms with Gasteiger partial charge >= 0.3 is 0 Å². The Kier molecular flexibility index (Phi) is 4.58. The molecule has 0 saturated heterocycles. The molecule has 0 atom stereocenters. The Labute approximate surface area is 111 Å². The molecule has 0 unspecified atom stereocenters. The second kappa shape index (κ2) is 6.39. The van der Waals surface area contributed by atoms with E-state index in [9.17, 15) is 0 Å². The second-order valence-electron chi connectivity index (χ2n) is 5.18. The first-order valence-corrected chi connectivity index (χ1v) is 6.85. The molecule has 0 saturated carbocycles. The Morgan fingerprint density at radius 3 is 1.22 bits per heavy atom. The number of aryl methyl sites for hydroxylation is 4. The van der Waals surface area contributed by atoms with Crippen LogP contribution in [0.25, 0.3) is 0 Å². The summed E-state index contributed by atoms with van der Waals surface area (Å²) in [5.74, 6) is 0. The lowest BCUT2D eigenvalue weighted by Gasteiger charge is -2.03. The highest BCUT2D eigenvalue weighted by atomic mass is 14.0.